The number of amides is 2. The summed E-state index contributed by atoms with van der Waals surface area (Å²) in [5.41, 5.74) is 1.96. The first-order chi connectivity index (χ1) is 18.4. The number of furan rings is 1. The molecule has 5 rings (SSSR count). The molecule has 10 heteroatoms. The van der Waals surface area contributed by atoms with E-state index in [-0.39, 0.29) is 23.4 Å². The number of urea groups is 1. The Morgan fingerprint density at radius 3 is 2.55 bits per heavy atom. The number of esters is 2. The summed E-state index contributed by atoms with van der Waals surface area (Å²) < 4.78 is 29.6. The molecular weight excluding hydrogens is 493 g/mol. The van der Waals surface area contributed by atoms with Crippen molar-refractivity contribution in [3.63, 3.8) is 0 Å². The van der Waals surface area contributed by atoms with E-state index < -0.39 is 36.4 Å². The Morgan fingerprint density at radius 1 is 1.03 bits per heavy atom. The van der Waals surface area contributed by atoms with Crippen molar-refractivity contribution in [3.8, 4) is 11.3 Å². The van der Waals surface area contributed by atoms with Gasteiger partial charge in [-0.15, -0.1) is 0 Å². The van der Waals surface area contributed by atoms with Crippen molar-refractivity contribution in [2.75, 3.05) is 13.2 Å². The number of fused-ring (bicyclic) bond motifs is 1. The maximum absolute atomic E-state index is 13.4. The van der Waals surface area contributed by atoms with Crippen molar-refractivity contribution >= 4 is 28.9 Å². The zero-order chi connectivity index (χ0) is 26.6. The minimum Gasteiger partial charge on any atom is -0.467 e. The van der Waals surface area contributed by atoms with Gasteiger partial charge in [-0.1, -0.05) is 18.2 Å². The van der Waals surface area contributed by atoms with Gasteiger partial charge >= 0.3 is 18.0 Å². The number of rotatable bonds is 7. The van der Waals surface area contributed by atoms with Crippen LogP contribution < -0.4 is 10.6 Å². The van der Waals surface area contributed by atoms with E-state index >= 15 is 0 Å². The van der Waals surface area contributed by atoms with Crippen LogP contribution in [0.2, 0.25) is 0 Å². The summed E-state index contributed by atoms with van der Waals surface area (Å²) in [4.78, 5) is 43.2. The van der Waals surface area contributed by atoms with Crippen molar-refractivity contribution in [2.45, 2.75) is 13.0 Å². The van der Waals surface area contributed by atoms with E-state index in [1.165, 1.54) is 18.4 Å². The number of benzene rings is 2. The molecule has 0 radical (unpaired) electrons. The number of carbonyl (C=O) groups is 3. The van der Waals surface area contributed by atoms with Crippen LogP contribution >= 0.6 is 0 Å². The van der Waals surface area contributed by atoms with Crippen LogP contribution in [0.1, 0.15) is 29.1 Å². The van der Waals surface area contributed by atoms with Gasteiger partial charge in [-0.3, -0.25) is 0 Å². The number of hydrogen-bond acceptors (Lipinski definition) is 7. The van der Waals surface area contributed by atoms with Gasteiger partial charge in [0.15, 0.2) is 0 Å². The minimum atomic E-state index is -0.932. The topological polar surface area (TPSA) is 120 Å². The van der Waals surface area contributed by atoms with Gasteiger partial charge in [0.05, 0.1) is 40.9 Å². The van der Waals surface area contributed by atoms with Crippen LogP contribution in [-0.4, -0.2) is 36.2 Å². The van der Waals surface area contributed by atoms with E-state index in [2.05, 4.69) is 15.6 Å². The Hall–Kier alpha value is -4.99. The van der Waals surface area contributed by atoms with E-state index in [4.69, 9.17) is 13.9 Å². The maximum atomic E-state index is 13.4. The second-order valence-corrected chi connectivity index (χ2v) is 8.31. The number of ether oxygens (including phenoxy) is 2. The van der Waals surface area contributed by atoms with Crippen LogP contribution in [0.3, 0.4) is 0 Å². The zero-order valence-corrected chi connectivity index (χ0v) is 20.2. The lowest BCUT2D eigenvalue weighted by Crippen LogP contribution is -2.47. The summed E-state index contributed by atoms with van der Waals surface area (Å²) in [6.07, 6.45) is 1.42. The predicted molar refractivity (Wildman–Crippen MR) is 134 cm³/mol. The summed E-state index contributed by atoms with van der Waals surface area (Å²) in [6, 6.07) is 16.0. The van der Waals surface area contributed by atoms with Gasteiger partial charge in [-0.05, 0) is 55.5 Å². The Bertz CT molecular complexity index is 1550. The van der Waals surface area contributed by atoms with Gasteiger partial charge in [-0.25, -0.2) is 23.8 Å². The molecule has 0 unspecified atom stereocenters. The third-order valence-electron chi connectivity index (χ3n) is 5.90. The standard InChI is InChI=1S/C28H22FN3O6/c1-2-36-27(34)24-22(31-28(35)32-25(24)23-8-5-13-37-23)15-38-26(33)19-14-21(16-9-11-17(29)12-10-16)30-20-7-4-3-6-18(19)20/h3-14,25H,2,15H2,1H3,(H2,31,32,35)/t25-/m1/s1. The number of pyridine rings is 1. The number of halogens is 1. The van der Waals surface area contributed by atoms with Crippen LogP contribution in [0.5, 0.6) is 0 Å². The van der Waals surface area contributed by atoms with E-state index in [0.717, 1.165) is 0 Å². The number of para-hydroxylation sites is 1. The molecular formula is C28H22FN3O6. The Labute approximate surface area is 216 Å². The molecule has 1 atom stereocenters. The van der Waals surface area contributed by atoms with Crippen molar-refractivity contribution in [3.05, 3.63) is 101 Å². The van der Waals surface area contributed by atoms with E-state index in [9.17, 15) is 18.8 Å². The fourth-order valence-corrected chi connectivity index (χ4v) is 4.18. The maximum Gasteiger partial charge on any atom is 0.339 e. The highest BCUT2D eigenvalue weighted by atomic mass is 19.1. The smallest absolute Gasteiger partial charge is 0.339 e. The van der Waals surface area contributed by atoms with Crippen LogP contribution in [-0.2, 0) is 14.3 Å². The molecule has 2 N–H and O–H groups in total. The second-order valence-electron chi connectivity index (χ2n) is 8.31. The highest BCUT2D eigenvalue weighted by Crippen LogP contribution is 2.29. The SMILES string of the molecule is CCOC(=O)C1=C(COC(=O)c2cc(-c3ccc(F)cc3)nc3ccccc23)NC(=O)N[C@@H]1c1ccco1. The van der Waals surface area contributed by atoms with Crippen LogP contribution in [0.25, 0.3) is 22.2 Å². The van der Waals surface area contributed by atoms with Gasteiger partial charge in [-0.2, -0.15) is 0 Å². The molecule has 2 aromatic heterocycles. The third-order valence-corrected chi connectivity index (χ3v) is 5.90. The number of nitrogens with one attached hydrogen (secondary N) is 2. The van der Waals surface area contributed by atoms with Gasteiger partial charge in [0.1, 0.15) is 24.2 Å². The van der Waals surface area contributed by atoms with Crippen LogP contribution in [0.15, 0.2) is 88.7 Å². The number of hydrogen-bond donors (Lipinski definition) is 2. The monoisotopic (exact) mass is 515 g/mol. The van der Waals surface area contributed by atoms with Gasteiger partial charge in [0, 0.05) is 10.9 Å². The lowest BCUT2D eigenvalue weighted by molar-refractivity contribution is -0.139. The molecule has 192 valence electrons. The molecule has 1 aliphatic rings. The number of carbonyl (C=O) groups excluding carboxylic acids is 3. The highest BCUT2D eigenvalue weighted by Gasteiger charge is 2.36. The van der Waals surface area contributed by atoms with E-state index in [1.54, 1.807) is 61.5 Å². The van der Waals surface area contributed by atoms with Crippen molar-refractivity contribution in [1.82, 2.24) is 15.6 Å². The second kappa shape index (κ2) is 10.6. The quantitative estimate of drug-likeness (QED) is 0.344. The van der Waals surface area contributed by atoms with E-state index in [1.807, 2.05) is 0 Å². The summed E-state index contributed by atoms with van der Waals surface area (Å²) in [6.45, 7) is 1.34. The molecule has 0 fully saturated rings. The molecule has 2 aromatic carbocycles. The Kier molecular flexibility index (Phi) is 6.86. The molecule has 4 aromatic rings. The van der Waals surface area contributed by atoms with Crippen molar-refractivity contribution < 1.29 is 32.7 Å². The molecule has 0 saturated heterocycles. The first-order valence-electron chi connectivity index (χ1n) is 11.8. The Morgan fingerprint density at radius 2 is 1.82 bits per heavy atom. The minimum absolute atomic E-state index is 0.0563. The van der Waals surface area contributed by atoms with Crippen molar-refractivity contribution in [2.24, 2.45) is 0 Å². The fourth-order valence-electron chi connectivity index (χ4n) is 4.18. The van der Waals surface area contributed by atoms with Crippen LogP contribution in [0, 0.1) is 5.82 Å². The molecule has 9 nitrogen and oxygen atoms in total. The largest absolute Gasteiger partial charge is 0.467 e. The lowest BCUT2D eigenvalue weighted by Gasteiger charge is -2.27. The molecule has 3 heterocycles. The van der Waals surface area contributed by atoms with Crippen molar-refractivity contribution in [1.29, 1.82) is 0 Å². The number of aromatic nitrogens is 1. The average molecular weight is 515 g/mol. The molecule has 0 saturated carbocycles. The summed E-state index contributed by atoms with van der Waals surface area (Å²) in [5, 5.41) is 5.73. The molecule has 0 spiro atoms. The summed E-state index contributed by atoms with van der Waals surface area (Å²) in [5.74, 6) is -1.47. The zero-order valence-electron chi connectivity index (χ0n) is 20.2. The normalized spacial score (nSPS) is 15.1. The molecule has 0 aliphatic carbocycles. The average Bonchev–Trinajstić information content (AvgIpc) is 3.46. The third kappa shape index (κ3) is 4.96. The Balaban J connectivity index is 1.49. The first kappa shape index (κ1) is 24.7. The summed E-state index contributed by atoms with van der Waals surface area (Å²) >= 11 is 0. The fraction of sp³-hybridized carbons (Fsp3) is 0.143. The van der Waals surface area contributed by atoms with Gasteiger partial charge < -0.3 is 24.5 Å². The molecule has 2 amide bonds. The molecule has 38 heavy (non-hydrogen) atoms. The predicted octanol–water partition coefficient (Wildman–Crippen LogP) is 4.66. The van der Waals surface area contributed by atoms with E-state index in [0.29, 0.717) is 27.9 Å². The van der Waals surface area contributed by atoms with Gasteiger partial charge in [0.2, 0.25) is 0 Å². The highest BCUT2D eigenvalue weighted by molar-refractivity contribution is 6.04. The van der Waals surface area contributed by atoms with Gasteiger partial charge in [0.25, 0.3) is 0 Å². The first-order valence-corrected chi connectivity index (χ1v) is 11.8. The molecule has 0 bridgehead atoms. The summed E-state index contributed by atoms with van der Waals surface area (Å²) in [7, 11) is 0. The molecule has 1 aliphatic heterocycles. The number of nitrogens with zero attached hydrogens (tertiary/aromatic N) is 1. The lowest BCUT2D eigenvalue weighted by atomic mass is 10.0. The van der Waals surface area contributed by atoms with Crippen LogP contribution in [0.4, 0.5) is 9.18 Å².